The quantitative estimate of drug-likeness (QED) is 0.530. The summed E-state index contributed by atoms with van der Waals surface area (Å²) in [5.41, 5.74) is 0. The molecule has 1 rings (SSSR count). The molecule has 1 aromatic rings. The van der Waals surface area contributed by atoms with Gasteiger partial charge in [0.2, 0.25) is 5.95 Å². The van der Waals surface area contributed by atoms with Crippen molar-refractivity contribution in [2.45, 2.75) is 18.9 Å². The highest BCUT2D eigenvalue weighted by atomic mass is 32.2. The molecule has 0 amide bonds. The summed E-state index contributed by atoms with van der Waals surface area (Å²) in [6.45, 7) is 4.26. The van der Waals surface area contributed by atoms with E-state index in [2.05, 4.69) is 18.8 Å². The van der Waals surface area contributed by atoms with Crippen LogP contribution in [-0.2, 0) is 0 Å². The summed E-state index contributed by atoms with van der Waals surface area (Å²) < 4.78 is 12.6. The van der Waals surface area contributed by atoms with E-state index in [-0.39, 0.29) is 0 Å². The molecule has 1 heterocycles. The van der Waals surface area contributed by atoms with Crippen molar-refractivity contribution in [1.82, 2.24) is 4.98 Å². The van der Waals surface area contributed by atoms with Gasteiger partial charge in [-0.3, -0.25) is 0 Å². The molecule has 0 radical (unpaired) electrons. The molecule has 0 aromatic carbocycles. The van der Waals surface area contributed by atoms with E-state index in [4.69, 9.17) is 0 Å². The summed E-state index contributed by atoms with van der Waals surface area (Å²) in [6.07, 6.45) is 0. The van der Waals surface area contributed by atoms with E-state index in [0.717, 1.165) is 10.8 Å². The molecule has 0 spiro atoms. The Morgan fingerprint density at radius 3 is 2.83 bits per heavy atom. The predicted octanol–water partition coefficient (Wildman–Crippen LogP) is 2.97. The second-order valence-electron chi connectivity index (χ2n) is 3.00. The van der Waals surface area contributed by atoms with Gasteiger partial charge in [0.25, 0.3) is 0 Å². The van der Waals surface area contributed by atoms with Crippen LogP contribution < -0.4 is 0 Å². The first-order valence-corrected chi connectivity index (χ1v) is 4.92. The SMILES string of the molecule is CC(C)CSc1cccc(F)n1. The van der Waals surface area contributed by atoms with Crippen LogP contribution >= 0.6 is 11.8 Å². The maximum Gasteiger partial charge on any atom is 0.213 e. The molecule has 12 heavy (non-hydrogen) atoms. The van der Waals surface area contributed by atoms with Gasteiger partial charge in [0, 0.05) is 5.75 Å². The lowest BCUT2D eigenvalue weighted by Crippen LogP contribution is -1.92. The number of aromatic nitrogens is 1. The maximum absolute atomic E-state index is 12.6. The lowest BCUT2D eigenvalue weighted by Gasteiger charge is -2.02. The molecule has 66 valence electrons. The fourth-order valence-corrected chi connectivity index (χ4v) is 1.55. The van der Waals surface area contributed by atoms with Gasteiger partial charge in [0.05, 0.1) is 5.03 Å². The van der Waals surface area contributed by atoms with E-state index < -0.39 is 5.95 Å². The summed E-state index contributed by atoms with van der Waals surface area (Å²) in [7, 11) is 0. The lowest BCUT2D eigenvalue weighted by molar-refractivity contribution is 0.572. The van der Waals surface area contributed by atoms with Gasteiger partial charge in [-0.25, -0.2) is 4.98 Å². The second kappa shape index (κ2) is 4.45. The Hall–Kier alpha value is -0.570. The minimum atomic E-state index is -0.399. The highest BCUT2D eigenvalue weighted by Gasteiger charge is 1.99. The van der Waals surface area contributed by atoms with Crippen LogP contribution in [0.25, 0.3) is 0 Å². The number of pyridine rings is 1. The molecule has 0 unspecified atom stereocenters. The molecule has 0 aliphatic rings. The first-order valence-electron chi connectivity index (χ1n) is 3.94. The van der Waals surface area contributed by atoms with Crippen molar-refractivity contribution in [3.05, 3.63) is 24.1 Å². The number of nitrogens with zero attached hydrogens (tertiary/aromatic N) is 1. The van der Waals surface area contributed by atoms with Crippen molar-refractivity contribution >= 4 is 11.8 Å². The van der Waals surface area contributed by atoms with E-state index in [9.17, 15) is 4.39 Å². The van der Waals surface area contributed by atoms with Gasteiger partial charge in [0.1, 0.15) is 0 Å². The Morgan fingerprint density at radius 2 is 2.25 bits per heavy atom. The number of rotatable bonds is 3. The third kappa shape index (κ3) is 3.22. The fraction of sp³-hybridized carbons (Fsp3) is 0.444. The third-order valence-electron chi connectivity index (χ3n) is 1.25. The minimum Gasteiger partial charge on any atom is -0.213 e. The van der Waals surface area contributed by atoms with Gasteiger partial charge in [0.15, 0.2) is 0 Å². The van der Waals surface area contributed by atoms with Gasteiger partial charge in [-0.2, -0.15) is 4.39 Å². The Bertz CT molecular complexity index is 250. The average Bonchev–Trinajstić information content (AvgIpc) is 2.01. The van der Waals surface area contributed by atoms with Gasteiger partial charge >= 0.3 is 0 Å². The number of hydrogen-bond donors (Lipinski definition) is 0. The van der Waals surface area contributed by atoms with E-state index in [1.54, 1.807) is 17.8 Å². The van der Waals surface area contributed by atoms with E-state index in [1.807, 2.05) is 6.07 Å². The van der Waals surface area contributed by atoms with Crippen LogP contribution in [0.15, 0.2) is 23.2 Å². The molecule has 0 aliphatic heterocycles. The lowest BCUT2D eigenvalue weighted by atomic mass is 10.3. The van der Waals surface area contributed by atoms with Gasteiger partial charge in [-0.15, -0.1) is 11.8 Å². The highest BCUT2D eigenvalue weighted by Crippen LogP contribution is 2.17. The van der Waals surface area contributed by atoms with Crippen LogP contribution in [0.4, 0.5) is 4.39 Å². The van der Waals surface area contributed by atoms with Crippen LogP contribution in [0.3, 0.4) is 0 Å². The molecule has 3 heteroatoms. The predicted molar refractivity (Wildman–Crippen MR) is 49.8 cm³/mol. The fourth-order valence-electron chi connectivity index (χ4n) is 0.722. The van der Waals surface area contributed by atoms with Crippen molar-refractivity contribution in [2.24, 2.45) is 5.92 Å². The zero-order valence-electron chi connectivity index (χ0n) is 7.25. The molecule has 0 saturated heterocycles. The largest absolute Gasteiger partial charge is 0.213 e. The maximum atomic E-state index is 12.6. The topological polar surface area (TPSA) is 12.9 Å². The standard InChI is InChI=1S/C9H12FNS/c1-7(2)6-12-9-5-3-4-8(10)11-9/h3-5,7H,6H2,1-2H3. The van der Waals surface area contributed by atoms with E-state index in [0.29, 0.717) is 5.92 Å². The summed E-state index contributed by atoms with van der Waals surface area (Å²) in [4.78, 5) is 3.74. The van der Waals surface area contributed by atoms with Crippen LogP contribution in [0.1, 0.15) is 13.8 Å². The molecule has 1 aromatic heterocycles. The summed E-state index contributed by atoms with van der Waals surface area (Å²) in [5, 5.41) is 0.767. The average molecular weight is 185 g/mol. The molecule has 0 bridgehead atoms. The molecule has 0 saturated carbocycles. The summed E-state index contributed by atoms with van der Waals surface area (Å²) in [6, 6.07) is 4.88. The van der Waals surface area contributed by atoms with Crippen LogP contribution in [0.2, 0.25) is 0 Å². The molecular formula is C9H12FNS. The van der Waals surface area contributed by atoms with Crippen molar-refractivity contribution in [2.75, 3.05) is 5.75 Å². The van der Waals surface area contributed by atoms with Crippen LogP contribution in [0, 0.1) is 11.9 Å². The molecule has 0 aliphatic carbocycles. The summed E-state index contributed by atoms with van der Waals surface area (Å²) >= 11 is 1.59. The third-order valence-corrected chi connectivity index (χ3v) is 2.61. The Kier molecular flexibility index (Phi) is 3.53. The Balaban J connectivity index is 2.52. The number of halogens is 1. The van der Waals surface area contributed by atoms with Crippen LogP contribution in [0.5, 0.6) is 0 Å². The zero-order chi connectivity index (χ0) is 8.97. The minimum absolute atomic E-state index is 0.399. The van der Waals surface area contributed by atoms with Crippen molar-refractivity contribution in [3.8, 4) is 0 Å². The molecule has 0 fully saturated rings. The zero-order valence-corrected chi connectivity index (χ0v) is 8.07. The molecule has 1 nitrogen and oxygen atoms in total. The monoisotopic (exact) mass is 185 g/mol. The van der Waals surface area contributed by atoms with Gasteiger partial charge in [-0.1, -0.05) is 19.9 Å². The smallest absolute Gasteiger partial charge is 0.213 e. The number of thioether (sulfide) groups is 1. The van der Waals surface area contributed by atoms with Crippen molar-refractivity contribution in [1.29, 1.82) is 0 Å². The van der Waals surface area contributed by atoms with E-state index in [1.165, 1.54) is 6.07 Å². The van der Waals surface area contributed by atoms with Crippen molar-refractivity contribution in [3.63, 3.8) is 0 Å². The first-order chi connectivity index (χ1) is 5.68. The number of hydrogen-bond acceptors (Lipinski definition) is 2. The van der Waals surface area contributed by atoms with E-state index >= 15 is 0 Å². The van der Waals surface area contributed by atoms with Crippen LogP contribution in [-0.4, -0.2) is 10.7 Å². The van der Waals surface area contributed by atoms with Gasteiger partial charge < -0.3 is 0 Å². The normalized spacial score (nSPS) is 10.7. The highest BCUT2D eigenvalue weighted by molar-refractivity contribution is 7.99. The molecule has 0 atom stereocenters. The summed E-state index contributed by atoms with van der Waals surface area (Å²) in [5.74, 6) is 1.19. The first kappa shape index (κ1) is 9.52. The molecular weight excluding hydrogens is 173 g/mol. The Labute approximate surface area is 76.4 Å². The van der Waals surface area contributed by atoms with Crippen molar-refractivity contribution < 1.29 is 4.39 Å². The molecule has 0 N–H and O–H groups in total. The second-order valence-corrected chi connectivity index (χ2v) is 4.04. The van der Waals surface area contributed by atoms with Gasteiger partial charge in [-0.05, 0) is 18.1 Å². The Morgan fingerprint density at radius 1 is 1.50 bits per heavy atom.